The predicted molar refractivity (Wildman–Crippen MR) is 88.6 cm³/mol. The van der Waals surface area contributed by atoms with E-state index in [1.807, 2.05) is 29.2 Å². The lowest BCUT2D eigenvalue weighted by atomic mass is 9.77. The Hall–Kier alpha value is -1.75. The number of fused-ring (bicyclic) bond motifs is 1. The van der Waals surface area contributed by atoms with Crippen LogP contribution in [0.3, 0.4) is 0 Å². The highest BCUT2D eigenvalue weighted by molar-refractivity contribution is 5.74. The van der Waals surface area contributed by atoms with Crippen LogP contribution in [0.25, 0.3) is 0 Å². The zero-order valence-electron chi connectivity index (χ0n) is 13.8. The molecule has 0 bridgehead atoms. The molecule has 2 N–H and O–H groups in total. The third-order valence-electron chi connectivity index (χ3n) is 5.40. The molecule has 0 spiro atoms. The summed E-state index contributed by atoms with van der Waals surface area (Å²) in [6, 6.07) is 7.99. The molecule has 0 aliphatic carbocycles. The molecule has 0 saturated carbocycles. The van der Waals surface area contributed by atoms with Gasteiger partial charge in [0, 0.05) is 19.7 Å². The first-order chi connectivity index (χ1) is 11.2. The summed E-state index contributed by atoms with van der Waals surface area (Å²) in [4.78, 5) is 14.3. The van der Waals surface area contributed by atoms with Crippen LogP contribution in [0, 0.1) is 5.41 Å². The Morgan fingerprint density at radius 2 is 2.13 bits per heavy atom. The number of para-hydroxylation sites is 1. The summed E-state index contributed by atoms with van der Waals surface area (Å²) >= 11 is 0. The van der Waals surface area contributed by atoms with Gasteiger partial charge in [0.1, 0.15) is 12.4 Å². The predicted octanol–water partition coefficient (Wildman–Crippen LogP) is 2.18. The van der Waals surface area contributed by atoms with Crippen molar-refractivity contribution in [2.75, 3.05) is 26.3 Å². The van der Waals surface area contributed by atoms with Crippen molar-refractivity contribution in [3.63, 3.8) is 0 Å². The van der Waals surface area contributed by atoms with Crippen molar-refractivity contribution in [2.24, 2.45) is 5.41 Å². The number of likely N-dealkylation sites (tertiary alicyclic amines) is 1. The zero-order chi connectivity index (χ0) is 16.3. The van der Waals surface area contributed by atoms with E-state index in [4.69, 9.17) is 4.74 Å². The summed E-state index contributed by atoms with van der Waals surface area (Å²) in [5, 5.41) is 12.7. The van der Waals surface area contributed by atoms with Gasteiger partial charge in [0.15, 0.2) is 0 Å². The van der Waals surface area contributed by atoms with Crippen molar-refractivity contribution in [1.82, 2.24) is 10.2 Å². The number of nitrogens with one attached hydrogen (secondary N) is 1. The number of carbonyl (C=O) groups excluding carboxylic acids is 1. The van der Waals surface area contributed by atoms with Gasteiger partial charge in [-0.2, -0.15) is 0 Å². The molecular weight excluding hydrogens is 292 g/mol. The van der Waals surface area contributed by atoms with Crippen molar-refractivity contribution in [2.45, 2.75) is 38.6 Å². The number of benzene rings is 1. The fraction of sp³-hybridized carbons (Fsp3) is 0.611. The number of rotatable bonds is 3. The molecule has 1 fully saturated rings. The molecule has 0 aromatic heterocycles. The van der Waals surface area contributed by atoms with Gasteiger partial charge in [0.05, 0.1) is 6.04 Å². The number of ether oxygens (including phenoxy) is 1. The Bertz CT molecular complexity index is 547. The molecule has 2 aliphatic heterocycles. The van der Waals surface area contributed by atoms with Crippen molar-refractivity contribution in [1.29, 1.82) is 0 Å². The van der Waals surface area contributed by atoms with Gasteiger partial charge in [-0.3, -0.25) is 0 Å². The van der Waals surface area contributed by atoms with Gasteiger partial charge in [0.25, 0.3) is 0 Å². The molecule has 1 aromatic rings. The number of urea groups is 1. The fourth-order valence-corrected chi connectivity index (χ4v) is 3.49. The van der Waals surface area contributed by atoms with Crippen LogP contribution in [0.4, 0.5) is 4.79 Å². The van der Waals surface area contributed by atoms with Gasteiger partial charge in [-0.05, 0) is 42.7 Å². The van der Waals surface area contributed by atoms with Crippen LogP contribution in [-0.4, -0.2) is 48.4 Å². The molecule has 0 radical (unpaired) electrons. The van der Waals surface area contributed by atoms with Crippen molar-refractivity contribution in [3.05, 3.63) is 29.8 Å². The first-order valence-electron chi connectivity index (χ1n) is 8.53. The zero-order valence-corrected chi connectivity index (χ0v) is 13.8. The third-order valence-corrected chi connectivity index (χ3v) is 5.40. The van der Waals surface area contributed by atoms with Crippen molar-refractivity contribution >= 4 is 6.03 Å². The minimum atomic E-state index is -0.0133. The second-order valence-electron chi connectivity index (χ2n) is 6.77. The highest BCUT2D eigenvalue weighted by atomic mass is 16.5. The maximum absolute atomic E-state index is 12.5. The molecule has 3 rings (SSSR count). The molecule has 5 heteroatoms. The van der Waals surface area contributed by atoms with E-state index in [2.05, 4.69) is 12.2 Å². The van der Waals surface area contributed by atoms with Crippen LogP contribution >= 0.6 is 0 Å². The average Bonchev–Trinajstić information content (AvgIpc) is 2.61. The van der Waals surface area contributed by atoms with Crippen molar-refractivity contribution in [3.8, 4) is 5.75 Å². The van der Waals surface area contributed by atoms with Gasteiger partial charge in [-0.25, -0.2) is 4.79 Å². The Labute approximate surface area is 137 Å². The van der Waals surface area contributed by atoms with Crippen LogP contribution in [-0.2, 0) is 6.42 Å². The van der Waals surface area contributed by atoms with Gasteiger partial charge in [-0.1, -0.05) is 25.1 Å². The summed E-state index contributed by atoms with van der Waals surface area (Å²) in [6.07, 6.45) is 3.52. The van der Waals surface area contributed by atoms with Crippen LogP contribution in [0.2, 0.25) is 0 Å². The maximum Gasteiger partial charge on any atom is 0.317 e. The lowest BCUT2D eigenvalue weighted by molar-refractivity contribution is 0.0510. The number of amides is 2. The molecule has 23 heavy (non-hydrogen) atoms. The molecule has 126 valence electrons. The molecular formula is C18H26N2O3. The number of aliphatic hydroxyl groups excluding tert-OH is 1. The first kappa shape index (κ1) is 16.1. The lowest BCUT2D eigenvalue weighted by Crippen LogP contribution is -2.52. The normalized spacial score (nSPS) is 22.9. The second kappa shape index (κ2) is 6.79. The highest BCUT2D eigenvalue weighted by Gasteiger charge is 2.34. The highest BCUT2D eigenvalue weighted by Crippen LogP contribution is 2.34. The van der Waals surface area contributed by atoms with Gasteiger partial charge in [0.2, 0.25) is 0 Å². The lowest BCUT2D eigenvalue weighted by Gasteiger charge is -2.40. The van der Waals surface area contributed by atoms with Crippen LogP contribution < -0.4 is 10.1 Å². The Balaban J connectivity index is 1.53. The Kier molecular flexibility index (Phi) is 4.76. The minimum Gasteiger partial charge on any atom is -0.491 e. The van der Waals surface area contributed by atoms with Crippen LogP contribution in [0.1, 0.15) is 31.7 Å². The van der Waals surface area contributed by atoms with Crippen LogP contribution in [0.15, 0.2) is 24.3 Å². The SMILES string of the molecule is CCC1(CO)CCN(C(=O)NC2COc3ccccc3C2)CC1. The largest absolute Gasteiger partial charge is 0.491 e. The first-order valence-corrected chi connectivity index (χ1v) is 8.53. The van der Waals surface area contributed by atoms with Gasteiger partial charge >= 0.3 is 6.03 Å². The van der Waals surface area contributed by atoms with E-state index in [0.29, 0.717) is 19.7 Å². The van der Waals surface area contributed by atoms with Crippen molar-refractivity contribution < 1.29 is 14.6 Å². The number of aliphatic hydroxyl groups is 1. The summed E-state index contributed by atoms with van der Waals surface area (Å²) < 4.78 is 5.73. The Morgan fingerprint density at radius 3 is 2.83 bits per heavy atom. The van der Waals surface area contributed by atoms with E-state index in [1.54, 1.807) is 0 Å². The van der Waals surface area contributed by atoms with E-state index in [0.717, 1.165) is 37.0 Å². The quantitative estimate of drug-likeness (QED) is 0.898. The number of hydrogen-bond acceptors (Lipinski definition) is 3. The molecule has 5 nitrogen and oxygen atoms in total. The summed E-state index contributed by atoms with van der Waals surface area (Å²) in [6.45, 7) is 4.27. The summed E-state index contributed by atoms with van der Waals surface area (Å²) in [7, 11) is 0. The summed E-state index contributed by atoms with van der Waals surface area (Å²) in [5.74, 6) is 0.923. The molecule has 2 aliphatic rings. The molecule has 1 atom stereocenters. The monoisotopic (exact) mass is 318 g/mol. The number of hydrogen-bond donors (Lipinski definition) is 2. The smallest absolute Gasteiger partial charge is 0.317 e. The standard InChI is InChI=1S/C18H26N2O3/c1-2-18(13-21)7-9-20(10-8-18)17(22)19-15-11-14-5-3-4-6-16(14)23-12-15/h3-6,15,21H,2,7-13H2,1H3,(H,19,22). The molecule has 1 saturated heterocycles. The molecule has 1 aromatic carbocycles. The molecule has 2 heterocycles. The van der Waals surface area contributed by atoms with Gasteiger partial charge < -0.3 is 20.1 Å². The number of piperidine rings is 1. The van der Waals surface area contributed by atoms with Crippen LogP contribution in [0.5, 0.6) is 5.75 Å². The number of carbonyl (C=O) groups is 1. The average molecular weight is 318 g/mol. The minimum absolute atomic E-state index is 0.00364. The molecule has 1 unspecified atom stereocenters. The maximum atomic E-state index is 12.5. The van der Waals surface area contributed by atoms with E-state index in [1.165, 1.54) is 0 Å². The van der Waals surface area contributed by atoms with E-state index < -0.39 is 0 Å². The number of nitrogens with zero attached hydrogens (tertiary/aromatic N) is 1. The van der Waals surface area contributed by atoms with E-state index in [-0.39, 0.29) is 24.1 Å². The van der Waals surface area contributed by atoms with E-state index in [9.17, 15) is 9.90 Å². The fourth-order valence-electron chi connectivity index (χ4n) is 3.49. The third kappa shape index (κ3) is 3.44. The molecule has 2 amide bonds. The van der Waals surface area contributed by atoms with Gasteiger partial charge in [-0.15, -0.1) is 0 Å². The topological polar surface area (TPSA) is 61.8 Å². The second-order valence-corrected chi connectivity index (χ2v) is 6.77. The van der Waals surface area contributed by atoms with E-state index >= 15 is 0 Å². The summed E-state index contributed by atoms with van der Waals surface area (Å²) in [5.41, 5.74) is 1.15. The Morgan fingerprint density at radius 1 is 1.39 bits per heavy atom.